The molecule has 0 saturated carbocycles. The number of aromatic nitrogens is 2. The smallest absolute Gasteiger partial charge is 0.407 e. The molecule has 8 nitrogen and oxygen atoms in total. The van der Waals surface area contributed by atoms with Gasteiger partial charge in [-0.3, -0.25) is 4.68 Å². The molecule has 1 fully saturated rings. The molecule has 1 aromatic rings. The van der Waals surface area contributed by atoms with Crippen LogP contribution in [0.15, 0.2) is 17.3 Å². The zero-order valence-electron chi connectivity index (χ0n) is 14.2. The maximum Gasteiger partial charge on any atom is 0.407 e. The summed E-state index contributed by atoms with van der Waals surface area (Å²) in [5.41, 5.74) is -0.680. The molecule has 0 aliphatic carbocycles. The quantitative estimate of drug-likeness (QED) is 0.867. The Balaban J connectivity index is 1.99. The van der Waals surface area contributed by atoms with Crippen LogP contribution in [0.4, 0.5) is 9.18 Å². The fourth-order valence-electron chi connectivity index (χ4n) is 2.40. The number of hydrogen-bond acceptors (Lipinski definition) is 5. The third-order valence-electron chi connectivity index (χ3n) is 3.53. The van der Waals surface area contributed by atoms with Crippen LogP contribution < -0.4 is 5.32 Å². The van der Waals surface area contributed by atoms with Crippen molar-refractivity contribution in [2.75, 3.05) is 13.1 Å². The molecule has 0 radical (unpaired) electrons. The van der Waals surface area contributed by atoms with E-state index in [1.54, 1.807) is 27.8 Å². The first kappa shape index (κ1) is 18.7. The molecular formula is C14H23FN4O4S. The van der Waals surface area contributed by atoms with Crippen LogP contribution in [0.5, 0.6) is 0 Å². The van der Waals surface area contributed by atoms with Gasteiger partial charge in [0.15, 0.2) is 0 Å². The molecule has 1 saturated heterocycles. The van der Waals surface area contributed by atoms with Crippen molar-refractivity contribution < 1.29 is 22.3 Å². The van der Waals surface area contributed by atoms with Gasteiger partial charge in [-0.15, -0.1) is 0 Å². The number of ether oxygens (including phenoxy) is 1. The lowest BCUT2D eigenvalue weighted by molar-refractivity contribution is 0.0438. The summed E-state index contributed by atoms with van der Waals surface area (Å²) in [6.45, 7) is 4.92. The summed E-state index contributed by atoms with van der Waals surface area (Å²) in [5.74, 6) is 0. The van der Waals surface area contributed by atoms with Gasteiger partial charge in [-0.2, -0.15) is 9.40 Å². The standard InChI is InChI=1S/C14H23FN4O4S/c1-14(2,3)23-13(20)17-12-5-6-19(9-11(12)15)24(21,22)10-7-16-18(4)8-10/h7-8,11-12H,5-6,9H2,1-4H3,(H,17,20)/t11-,12-/m1/s1. The predicted molar refractivity (Wildman–Crippen MR) is 84.6 cm³/mol. The lowest BCUT2D eigenvalue weighted by atomic mass is 10.1. The molecule has 0 unspecified atom stereocenters. The summed E-state index contributed by atoms with van der Waals surface area (Å²) in [5, 5.41) is 6.30. The van der Waals surface area contributed by atoms with Crippen LogP contribution in [0.3, 0.4) is 0 Å². The van der Waals surface area contributed by atoms with Gasteiger partial charge in [-0.25, -0.2) is 17.6 Å². The minimum atomic E-state index is -3.79. The van der Waals surface area contributed by atoms with Crippen molar-refractivity contribution >= 4 is 16.1 Å². The average molecular weight is 362 g/mol. The summed E-state index contributed by atoms with van der Waals surface area (Å²) in [6.07, 6.45) is 0.539. The monoisotopic (exact) mass is 362 g/mol. The number of sulfonamides is 1. The largest absolute Gasteiger partial charge is 0.444 e. The number of halogens is 1. The van der Waals surface area contributed by atoms with Crippen LogP contribution in [0, 0.1) is 0 Å². The highest BCUT2D eigenvalue weighted by Gasteiger charge is 2.37. The van der Waals surface area contributed by atoms with Crippen molar-refractivity contribution in [2.45, 2.75) is 49.9 Å². The molecule has 1 aliphatic rings. The fourth-order valence-corrected chi connectivity index (χ4v) is 3.85. The Morgan fingerprint density at radius 1 is 1.46 bits per heavy atom. The minimum Gasteiger partial charge on any atom is -0.444 e. The molecule has 2 heterocycles. The second kappa shape index (κ2) is 6.67. The van der Waals surface area contributed by atoms with Crippen LogP contribution in [-0.2, 0) is 21.8 Å². The van der Waals surface area contributed by atoms with Gasteiger partial charge in [0.05, 0.1) is 12.2 Å². The van der Waals surface area contributed by atoms with Crippen molar-refractivity contribution in [1.29, 1.82) is 0 Å². The van der Waals surface area contributed by atoms with Crippen LogP contribution in [0.2, 0.25) is 0 Å². The first-order valence-corrected chi connectivity index (χ1v) is 9.05. The van der Waals surface area contributed by atoms with Crippen LogP contribution >= 0.6 is 0 Å². The van der Waals surface area contributed by atoms with Gasteiger partial charge in [-0.1, -0.05) is 0 Å². The molecule has 2 atom stereocenters. The highest BCUT2D eigenvalue weighted by Crippen LogP contribution is 2.22. The molecule has 0 aromatic carbocycles. The lowest BCUT2D eigenvalue weighted by Gasteiger charge is -2.34. The van der Waals surface area contributed by atoms with Gasteiger partial charge in [0, 0.05) is 26.3 Å². The number of piperidine rings is 1. The van der Waals surface area contributed by atoms with E-state index in [0.29, 0.717) is 0 Å². The minimum absolute atomic E-state index is 0.0238. The zero-order valence-corrected chi connectivity index (χ0v) is 15.0. The van der Waals surface area contributed by atoms with E-state index in [4.69, 9.17) is 4.74 Å². The topological polar surface area (TPSA) is 93.5 Å². The van der Waals surface area contributed by atoms with Crippen LogP contribution in [0.25, 0.3) is 0 Å². The molecule has 1 aromatic heterocycles. The molecule has 0 spiro atoms. The number of aryl methyl sites for hydroxylation is 1. The van der Waals surface area contributed by atoms with Crippen molar-refractivity contribution in [3.8, 4) is 0 Å². The fraction of sp³-hybridized carbons (Fsp3) is 0.714. The summed E-state index contributed by atoms with van der Waals surface area (Å²) in [7, 11) is -2.18. The molecule has 10 heteroatoms. The Bertz CT molecular complexity index is 698. The highest BCUT2D eigenvalue weighted by molar-refractivity contribution is 7.89. The van der Waals surface area contributed by atoms with Gasteiger partial charge in [-0.05, 0) is 27.2 Å². The SMILES string of the molecule is Cn1cc(S(=O)(=O)N2CC[C@@H](NC(=O)OC(C)(C)C)[C@H](F)C2)cn1. The number of carbonyl (C=O) groups is 1. The molecular weight excluding hydrogens is 339 g/mol. The second-order valence-corrected chi connectivity index (χ2v) is 8.71. The predicted octanol–water partition coefficient (Wildman–Crippen LogP) is 1.05. The third-order valence-corrected chi connectivity index (χ3v) is 5.34. The van der Waals surface area contributed by atoms with E-state index in [0.717, 1.165) is 4.31 Å². The number of nitrogens with one attached hydrogen (secondary N) is 1. The van der Waals surface area contributed by atoms with Gasteiger partial charge in [0.2, 0.25) is 10.0 Å². The van der Waals surface area contributed by atoms with E-state index >= 15 is 0 Å². The number of nitrogens with zero attached hydrogens (tertiary/aromatic N) is 3. The Hall–Kier alpha value is -1.68. The van der Waals surface area contributed by atoms with Gasteiger partial charge in [0.1, 0.15) is 16.7 Å². The molecule has 2 rings (SSSR count). The normalized spacial score (nSPS) is 23.0. The first-order valence-electron chi connectivity index (χ1n) is 7.61. The Morgan fingerprint density at radius 3 is 2.62 bits per heavy atom. The van der Waals surface area contributed by atoms with Crippen LogP contribution in [-0.4, -0.2) is 59.5 Å². The number of carbonyl (C=O) groups excluding carboxylic acids is 1. The van der Waals surface area contributed by atoms with E-state index < -0.39 is 33.9 Å². The van der Waals surface area contributed by atoms with E-state index in [2.05, 4.69) is 10.4 Å². The lowest BCUT2D eigenvalue weighted by Crippen LogP contribution is -2.54. The van der Waals surface area contributed by atoms with Crippen molar-refractivity contribution in [3.05, 3.63) is 12.4 Å². The molecule has 136 valence electrons. The van der Waals surface area contributed by atoms with E-state index in [1.807, 2.05) is 0 Å². The number of alkyl halides is 1. The first-order chi connectivity index (χ1) is 11.0. The second-order valence-electron chi connectivity index (χ2n) is 6.77. The number of rotatable bonds is 3. The molecule has 1 aliphatic heterocycles. The maximum atomic E-state index is 14.3. The van der Waals surface area contributed by atoms with Gasteiger partial charge < -0.3 is 10.1 Å². The third kappa shape index (κ3) is 4.44. The van der Waals surface area contributed by atoms with Crippen LogP contribution in [0.1, 0.15) is 27.2 Å². The number of hydrogen-bond donors (Lipinski definition) is 1. The van der Waals surface area contributed by atoms with Gasteiger partial charge in [0.25, 0.3) is 0 Å². The van der Waals surface area contributed by atoms with Crippen molar-refractivity contribution in [1.82, 2.24) is 19.4 Å². The van der Waals surface area contributed by atoms with E-state index in [-0.39, 0.29) is 24.4 Å². The number of alkyl carbamates (subject to hydrolysis) is 1. The molecule has 0 bridgehead atoms. The summed E-state index contributed by atoms with van der Waals surface area (Å²) < 4.78 is 46.8. The van der Waals surface area contributed by atoms with Crippen molar-refractivity contribution in [3.63, 3.8) is 0 Å². The summed E-state index contributed by atoms with van der Waals surface area (Å²) in [4.78, 5) is 11.8. The maximum absolute atomic E-state index is 14.3. The van der Waals surface area contributed by atoms with Crippen molar-refractivity contribution in [2.24, 2.45) is 7.05 Å². The Kier molecular flexibility index (Phi) is 5.19. The highest BCUT2D eigenvalue weighted by atomic mass is 32.2. The van der Waals surface area contributed by atoms with Gasteiger partial charge >= 0.3 is 6.09 Å². The molecule has 24 heavy (non-hydrogen) atoms. The molecule has 1 N–H and O–H groups in total. The zero-order chi connectivity index (χ0) is 18.1. The summed E-state index contributed by atoms with van der Waals surface area (Å²) in [6, 6.07) is -0.778. The average Bonchev–Trinajstić information content (AvgIpc) is 2.86. The number of amides is 1. The van der Waals surface area contributed by atoms with E-state index in [1.165, 1.54) is 17.1 Å². The Morgan fingerprint density at radius 2 is 2.12 bits per heavy atom. The van der Waals surface area contributed by atoms with E-state index in [9.17, 15) is 17.6 Å². The molecule has 1 amide bonds. The Labute approximate surface area is 141 Å². The summed E-state index contributed by atoms with van der Waals surface area (Å²) >= 11 is 0.